The van der Waals surface area contributed by atoms with E-state index in [9.17, 15) is 13.2 Å². The van der Waals surface area contributed by atoms with E-state index in [0.717, 1.165) is 12.8 Å². The van der Waals surface area contributed by atoms with Crippen LogP contribution in [0.15, 0.2) is 12.5 Å². The number of rotatable bonds is 3. The van der Waals surface area contributed by atoms with E-state index in [2.05, 4.69) is 15.0 Å². The Morgan fingerprint density at radius 3 is 2.44 bits per heavy atom. The Balaban J connectivity index is 2.56. The van der Waals surface area contributed by atoms with Crippen molar-refractivity contribution in [1.82, 2.24) is 19.5 Å². The number of halogens is 3. The number of imidazole rings is 1. The standard InChI is InChI=1S/C11H13F3N4/c1-3-7(4-2)18-6-16-9-10(18)17-8(5-15-9)11(12,13)14/h5-7H,3-4H2,1-2H3. The monoisotopic (exact) mass is 258 g/mol. The lowest BCUT2D eigenvalue weighted by Gasteiger charge is -2.14. The molecule has 0 N–H and O–H groups in total. The van der Waals surface area contributed by atoms with Gasteiger partial charge in [-0.2, -0.15) is 13.2 Å². The van der Waals surface area contributed by atoms with E-state index in [1.807, 2.05) is 13.8 Å². The molecule has 18 heavy (non-hydrogen) atoms. The summed E-state index contributed by atoms with van der Waals surface area (Å²) in [5, 5.41) is 0. The maximum Gasteiger partial charge on any atom is 0.434 e. The van der Waals surface area contributed by atoms with Crippen LogP contribution in [-0.2, 0) is 6.18 Å². The van der Waals surface area contributed by atoms with Crippen molar-refractivity contribution in [3.63, 3.8) is 0 Å². The van der Waals surface area contributed by atoms with Crippen molar-refractivity contribution < 1.29 is 13.2 Å². The van der Waals surface area contributed by atoms with Gasteiger partial charge in [0, 0.05) is 6.04 Å². The van der Waals surface area contributed by atoms with Crippen LogP contribution in [0.4, 0.5) is 13.2 Å². The van der Waals surface area contributed by atoms with Gasteiger partial charge in [-0.25, -0.2) is 15.0 Å². The first-order chi connectivity index (χ1) is 8.47. The highest BCUT2D eigenvalue weighted by molar-refractivity contribution is 5.65. The molecular formula is C11H13F3N4. The normalized spacial score (nSPS) is 12.6. The maximum atomic E-state index is 12.6. The van der Waals surface area contributed by atoms with Gasteiger partial charge >= 0.3 is 6.18 Å². The highest BCUT2D eigenvalue weighted by Crippen LogP contribution is 2.28. The topological polar surface area (TPSA) is 43.6 Å². The van der Waals surface area contributed by atoms with E-state index in [-0.39, 0.29) is 17.3 Å². The van der Waals surface area contributed by atoms with Crippen molar-refractivity contribution in [3.05, 3.63) is 18.2 Å². The third-order valence-electron chi connectivity index (χ3n) is 2.91. The van der Waals surface area contributed by atoms with E-state index in [1.54, 1.807) is 4.57 Å². The maximum absolute atomic E-state index is 12.6. The number of hydrogen-bond donors (Lipinski definition) is 0. The van der Waals surface area contributed by atoms with Crippen molar-refractivity contribution in [1.29, 1.82) is 0 Å². The second-order valence-electron chi connectivity index (χ2n) is 4.02. The molecule has 0 amide bonds. The molecule has 0 fully saturated rings. The second-order valence-corrected chi connectivity index (χ2v) is 4.02. The van der Waals surface area contributed by atoms with E-state index >= 15 is 0 Å². The average Bonchev–Trinajstić information content (AvgIpc) is 2.73. The molecule has 0 bridgehead atoms. The quantitative estimate of drug-likeness (QED) is 0.849. The summed E-state index contributed by atoms with van der Waals surface area (Å²) in [6, 6.07) is 0.0905. The lowest BCUT2D eigenvalue weighted by molar-refractivity contribution is -0.141. The molecule has 0 aliphatic rings. The fourth-order valence-electron chi connectivity index (χ4n) is 1.89. The SMILES string of the molecule is CCC(CC)n1cnc2ncc(C(F)(F)F)nc21. The van der Waals surface area contributed by atoms with Crippen LogP contribution >= 0.6 is 0 Å². The van der Waals surface area contributed by atoms with Crippen molar-refractivity contribution in [2.45, 2.75) is 38.9 Å². The summed E-state index contributed by atoms with van der Waals surface area (Å²) in [6.45, 7) is 3.95. The first-order valence-corrected chi connectivity index (χ1v) is 5.74. The van der Waals surface area contributed by atoms with Crippen molar-refractivity contribution in [2.24, 2.45) is 0 Å². The fourth-order valence-corrected chi connectivity index (χ4v) is 1.89. The highest BCUT2D eigenvalue weighted by Gasteiger charge is 2.33. The molecule has 0 atom stereocenters. The van der Waals surface area contributed by atoms with Crippen LogP contribution in [0.2, 0.25) is 0 Å². The van der Waals surface area contributed by atoms with Crippen LogP contribution in [0.25, 0.3) is 11.3 Å². The lowest BCUT2D eigenvalue weighted by Crippen LogP contribution is -2.11. The van der Waals surface area contributed by atoms with Crippen LogP contribution in [0, 0.1) is 0 Å². The molecule has 0 aromatic carbocycles. The zero-order valence-electron chi connectivity index (χ0n) is 10.1. The predicted octanol–water partition coefficient (Wildman–Crippen LogP) is 3.21. The van der Waals surface area contributed by atoms with Crippen molar-refractivity contribution >= 4 is 11.3 Å². The van der Waals surface area contributed by atoms with Gasteiger partial charge in [0.25, 0.3) is 0 Å². The molecule has 4 nitrogen and oxygen atoms in total. The van der Waals surface area contributed by atoms with E-state index in [0.29, 0.717) is 6.20 Å². The van der Waals surface area contributed by atoms with Gasteiger partial charge in [0.15, 0.2) is 17.0 Å². The third-order valence-corrected chi connectivity index (χ3v) is 2.91. The minimum atomic E-state index is -4.48. The lowest BCUT2D eigenvalue weighted by atomic mass is 10.2. The molecule has 2 heterocycles. The van der Waals surface area contributed by atoms with Crippen LogP contribution in [-0.4, -0.2) is 19.5 Å². The number of nitrogens with zero attached hydrogens (tertiary/aromatic N) is 4. The summed E-state index contributed by atoms with van der Waals surface area (Å²) in [5.74, 6) is 0. The molecule has 2 aromatic rings. The van der Waals surface area contributed by atoms with E-state index in [4.69, 9.17) is 0 Å². The fraction of sp³-hybridized carbons (Fsp3) is 0.545. The minimum absolute atomic E-state index is 0.0905. The summed E-state index contributed by atoms with van der Waals surface area (Å²) in [7, 11) is 0. The minimum Gasteiger partial charge on any atom is -0.311 e. The van der Waals surface area contributed by atoms with E-state index in [1.165, 1.54) is 6.33 Å². The Kier molecular flexibility index (Phi) is 3.23. The number of hydrogen-bond acceptors (Lipinski definition) is 3. The molecule has 7 heteroatoms. The number of aromatic nitrogens is 4. The second kappa shape index (κ2) is 4.55. The molecular weight excluding hydrogens is 245 g/mol. The summed E-state index contributed by atoms with van der Waals surface area (Å²) >= 11 is 0. The largest absolute Gasteiger partial charge is 0.434 e. The Hall–Kier alpha value is -1.66. The third kappa shape index (κ3) is 2.16. The van der Waals surface area contributed by atoms with Crippen LogP contribution in [0.5, 0.6) is 0 Å². The summed E-state index contributed by atoms with van der Waals surface area (Å²) in [4.78, 5) is 11.3. The smallest absolute Gasteiger partial charge is 0.311 e. The Bertz CT molecular complexity index is 543. The molecule has 0 spiro atoms. The zero-order chi connectivity index (χ0) is 13.3. The molecule has 2 rings (SSSR count). The average molecular weight is 258 g/mol. The molecule has 0 saturated carbocycles. The Morgan fingerprint density at radius 2 is 1.89 bits per heavy atom. The molecule has 0 aliphatic carbocycles. The van der Waals surface area contributed by atoms with Gasteiger partial charge in [0.1, 0.15) is 0 Å². The first kappa shape index (κ1) is 12.8. The molecule has 0 saturated heterocycles. The van der Waals surface area contributed by atoms with Crippen LogP contribution in [0.1, 0.15) is 38.4 Å². The van der Waals surface area contributed by atoms with Gasteiger partial charge in [-0.15, -0.1) is 0 Å². The molecule has 98 valence electrons. The molecule has 0 aliphatic heterocycles. The van der Waals surface area contributed by atoms with Crippen LogP contribution < -0.4 is 0 Å². The van der Waals surface area contributed by atoms with Gasteiger partial charge in [-0.05, 0) is 12.8 Å². The van der Waals surface area contributed by atoms with Gasteiger partial charge in [-0.3, -0.25) is 0 Å². The highest BCUT2D eigenvalue weighted by atomic mass is 19.4. The first-order valence-electron chi connectivity index (χ1n) is 5.74. The Morgan fingerprint density at radius 1 is 1.22 bits per heavy atom. The predicted molar refractivity (Wildman–Crippen MR) is 59.9 cm³/mol. The van der Waals surface area contributed by atoms with Gasteiger partial charge < -0.3 is 4.57 Å². The zero-order valence-corrected chi connectivity index (χ0v) is 10.1. The van der Waals surface area contributed by atoms with E-state index < -0.39 is 11.9 Å². The molecule has 0 unspecified atom stereocenters. The van der Waals surface area contributed by atoms with Gasteiger partial charge in [0.2, 0.25) is 0 Å². The number of fused-ring (bicyclic) bond motifs is 1. The van der Waals surface area contributed by atoms with Gasteiger partial charge in [0.05, 0.1) is 12.5 Å². The number of alkyl halides is 3. The molecule has 2 aromatic heterocycles. The van der Waals surface area contributed by atoms with Crippen molar-refractivity contribution in [2.75, 3.05) is 0 Å². The summed E-state index contributed by atoms with van der Waals surface area (Å²) < 4.78 is 39.4. The van der Waals surface area contributed by atoms with Crippen molar-refractivity contribution in [3.8, 4) is 0 Å². The summed E-state index contributed by atoms with van der Waals surface area (Å²) in [6.07, 6.45) is -0.654. The van der Waals surface area contributed by atoms with Crippen LogP contribution in [0.3, 0.4) is 0 Å². The van der Waals surface area contributed by atoms with Gasteiger partial charge in [-0.1, -0.05) is 13.8 Å². The molecule has 0 radical (unpaired) electrons. The Labute approximate surface area is 102 Å². The summed E-state index contributed by atoms with van der Waals surface area (Å²) in [5.41, 5.74) is -0.545.